The number of hydrogen-bond donors (Lipinski definition) is 1. The van der Waals surface area contributed by atoms with Gasteiger partial charge in [0, 0.05) is 51.0 Å². The first-order valence-corrected chi connectivity index (χ1v) is 9.65. The van der Waals surface area contributed by atoms with E-state index in [1.54, 1.807) is 6.20 Å². The molecule has 2 aliphatic heterocycles. The van der Waals surface area contributed by atoms with E-state index in [0.717, 1.165) is 45.1 Å². The molecule has 140 valence electrons. The standard InChI is InChI=1S/C19H31N3O3/c1-3-5-16-12-14(7-11-25-16)19(24)22-9-4-6-15(13-22)17(23)18-20-8-10-21(18)2/h8,10,14-17,23H,3-7,9,11-13H2,1-2H3. The predicted octanol–water partition coefficient (Wildman–Crippen LogP) is 2.29. The quantitative estimate of drug-likeness (QED) is 0.886. The monoisotopic (exact) mass is 349 g/mol. The van der Waals surface area contributed by atoms with Crippen LogP contribution in [0.15, 0.2) is 12.4 Å². The molecule has 2 fully saturated rings. The summed E-state index contributed by atoms with van der Waals surface area (Å²) >= 11 is 0. The van der Waals surface area contributed by atoms with E-state index in [9.17, 15) is 9.90 Å². The van der Waals surface area contributed by atoms with Crippen LogP contribution in [0.5, 0.6) is 0 Å². The molecule has 0 aromatic carbocycles. The minimum absolute atomic E-state index is 0.0603. The van der Waals surface area contributed by atoms with E-state index < -0.39 is 6.10 Å². The number of aliphatic hydroxyl groups excluding tert-OH is 1. The molecule has 6 heteroatoms. The number of rotatable bonds is 5. The molecule has 1 N–H and O–H groups in total. The lowest BCUT2D eigenvalue weighted by Gasteiger charge is -2.38. The van der Waals surface area contributed by atoms with Crippen molar-refractivity contribution in [1.29, 1.82) is 0 Å². The van der Waals surface area contributed by atoms with Gasteiger partial charge in [-0.3, -0.25) is 4.79 Å². The second-order valence-corrected chi connectivity index (χ2v) is 7.53. The molecule has 3 rings (SSSR count). The van der Waals surface area contributed by atoms with Gasteiger partial charge in [0.1, 0.15) is 11.9 Å². The highest BCUT2D eigenvalue weighted by molar-refractivity contribution is 5.79. The molecule has 1 amide bonds. The van der Waals surface area contributed by atoms with Gasteiger partial charge in [-0.15, -0.1) is 0 Å². The Morgan fingerprint density at radius 1 is 1.48 bits per heavy atom. The fourth-order valence-corrected chi connectivity index (χ4v) is 4.23. The van der Waals surface area contributed by atoms with E-state index in [4.69, 9.17) is 4.74 Å². The first-order valence-electron chi connectivity index (χ1n) is 9.65. The highest BCUT2D eigenvalue weighted by atomic mass is 16.5. The maximum Gasteiger partial charge on any atom is 0.225 e. The molecule has 0 bridgehead atoms. The summed E-state index contributed by atoms with van der Waals surface area (Å²) in [6, 6.07) is 0. The highest BCUT2D eigenvalue weighted by Gasteiger charge is 2.35. The molecule has 4 unspecified atom stereocenters. The van der Waals surface area contributed by atoms with E-state index in [1.165, 1.54) is 0 Å². The minimum atomic E-state index is -0.613. The Hall–Kier alpha value is -1.40. The van der Waals surface area contributed by atoms with Gasteiger partial charge in [0.2, 0.25) is 5.91 Å². The van der Waals surface area contributed by atoms with Gasteiger partial charge in [0.25, 0.3) is 0 Å². The van der Waals surface area contributed by atoms with Gasteiger partial charge in [0.05, 0.1) is 6.10 Å². The number of piperidine rings is 1. The van der Waals surface area contributed by atoms with Crippen LogP contribution < -0.4 is 0 Å². The predicted molar refractivity (Wildman–Crippen MR) is 94.8 cm³/mol. The number of carbonyl (C=O) groups excluding carboxylic acids is 1. The number of hydrogen-bond acceptors (Lipinski definition) is 4. The molecule has 2 saturated heterocycles. The lowest BCUT2D eigenvalue weighted by Crippen LogP contribution is -2.46. The molecule has 25 heavy (non-hydrogen) atoms. The van der Waals surface area contributed by atoms with Crippen LogP contribution >= 0.6 is 0 Å². The van der Waals surface area contributed by atoms with Crippen molar-refractivity contribution in [3.05, 3.63) is 18.2 Å². The van der Waals surface area contributed by atoms with Crippen LogP contribution in [0.2, 0.25) is 0 Å². The second-order valence-electron chi connectivity index (χ2n) is 7.53. The summed E-state index contributed by atoms with van der Waals surface area (Å²) in [5, 5.41) is 10.7. The number of aliphatic hydroxyl groups is 1. The van der Waals surface area contributed by atoms with Crippen LogP contribution in [0, 0.1) is 11.8 Å². The number of amides is 1. The van der Waals surface area contributed by atoms with Crippen molar-refractivity contribution >= 4 is 5.91 Å². The van der Waals surface area contributed by atoms with Gasteiger partial charge in [-0.05, 0) is 32.1 Å². The number of imidazole rings is 1. The molecule has 6 nitrogen and oxygen atoms in total. The average Bonchev–Trinajstić information content (AvgIpc) is 3.07. The van der Waals surface area contributed by atoms with Crippen molar-refractivity contribution in [2.24, 2.45) is 18.9 Å². The number of ether oxygens (including phenoxy) is 1. The van der Waals surface area contributed by atoms with Crippen LogP contribution in [0.4, 0.5) is 0 Å². The van der Waals surface area contributed by atoms with E-state index in [-0.39, 0.29) is 23.8 Å². The summed E-state index contributed by atoms with van der Waals surface area (Å²) in [6.45, 7) is 4.28. The van der Waals surface area contributed by atoms with Gasteiger partial charge in [-0.2, -0.15) is 0 Å². The molecule has 2 aliphatic rings. The maximum atomic E-state index is 13.0. The van der Waals surface area contributed by atoms with E-state index in [2.05, 4.69) is 11.9 Å². The van der Waals surface area contributed by atoms with Crippen LogP contribution in [-0.4, -0.2) is 51.3 Å². The van der Waals surface area contributed by atoms with Gasteiger partial charge < -0.3 is 19.3 Å². The van der Waals surface area contributed by atoms with Crippen molar-refractivity contribution in [2.75, 3.05) is 19.7 Å². The van der Waals surface area contributed by atoms with Gasteiger partial charge in [-0.25, -0.2) is 4.98 Å². The Morgan fingerprint density at radius 3 is 3.04 bits per heavy atom. The molecular formula is C19H31N3O3. The van der Waals surface area contributed by atoms with Gasteiger partial charge >= 0.3 is 0 Å². The maximum absolute atomic E-state index is 13.0. The molecule has 1 aromatic rings. The number of aromatic nitrogens is 2. The third-order valence-corrected chi connectivity index (χ3v) is 5.67. The molecule has 0 aliphatic carbocycles. The summed E-state index contributed by atoms with van der Waals surface area (Å²) in [5.41, 5.74) is 0. The zero-order valence-electron chi connectivity index (χ0n) is 15.4. The smallest absolute Gasteiger partial charge is 0.225 e. The van der Waals surface area contributed by atoms with Crippen molar-refractivity contribution in [3.63, 3.8) is 0 Å². The Morgan fingerprint density at radius 2 is 2.32 bits per heavy atom. The van der Waals surface area contributed by atoms with E-state index >= 15 is 0 Å². The highest BCUT2D eigenvalue weighted by Crippen LogP contribution is 2.31. The first-order chi connectivity index (χ1) is 12.1. The molecule has 0 radical (unpaired) electrons. The SMILES string of the molecule is CCCC1CC(C(=O)N2CCCC(C(O)c3nccn3C)C2)CCO1. The van der Waals surface area contributed by atoms with E-state index in [1.807, 2.05) is 22.7 Å². The first kappa shape index (κ1) is 18.4. The summed E-state index contributed by atoms with van der Waals surface area (Å²) in [5.74, 6) is 1.08. The molecule has 0 saturated carbocycles. The third-order valence-electron chi connectivity index (χ3n) is 5.67. The fourth-order valence-electron chi connectivity index (χ4n) is 4.23. The fraction of sp³-hybridized carbons (Fsp3) is 0.789. The largest absolute Gasteiger partial charge is 0.385 e. The number of nitrogens with zero attached hydrogens (tertiary/aromatic N) is 3. The number of aryl methyl sites for hydroxylation is 1. The van der Waals surface area contributed by atoms with Crippen LogP contribution in [0.25, 0.3) is 0 Å². The van der Waals surface area contributed by atoms with Crippen molar-refractivity contribution < 1.29 is 14.6 Å². The molecule has 4 atom stereocenters. The Labute approximate surface area is 150 Å². The van der Waals surface area contributed by atoms with Gasteiger partial charge in [-0.1, -0.05) is 13.3 Å². The van der Waals surface area contributed by atoms with Crippen molar-refractivity contribution in [2.45, 2.75) is 57.7 Å². The van der Waals surface area contributed by atoms with Gasteiger partial charge in [0.15, 0.2) is 0 Å². The summed E-state index contributed by atoms with van der Waals surface area (Å²) in [4.78, 5) is 19.2. The third kappa shape index (κ3) is 4.23. The lowest BCUT2D eigenvalue weighted by atomic mass is 9.88. The van der Waals surface area contributed by atoms with Crippen LogP contribution in [0.3, 0.4) is 0 Å². The average molecular weight is 349 g/mol. The Bertz CT molecular complexity index is 572. The summed E-state index contributed by atoms with van der Waals surface area (Å²) in [6.07, 6.45) is 8.84. The lowest BCUT2D eigenvalue weighted by molar-refractivity contribution is -0.143. The van der Waals surface area contributed by atoms with Crippen molar-refractivity contribution in [3.8, 4) is 0 Å². The minimum Gasteiger partial charge on any atom is -0.385 e. The molecule has 1 aromatic heterocycles. The number of likely N-dealkylation sites (tertiary alicyclic amines) is 1. The van der Waals surface area contributed by atoms with Crippen LogP contribution in [0.1, 0.15) is 57.4 Å². The Kier molecular flexibility index (Phi) is 6.12. The molecule has 3 heterocycles. The van der Waals surface area contributed by atoms with E-state index in [0.29, 0.717) is 19.0 Å². The normalized spacial score (nSPS) is 28.8. The topological polar surface area (TPSA) is 67.6 Å². The summed E-state index contributed by atoms with van der Waals surface area (Å²) < 4.78 is 7.65. The molecular weight excluding hydrogens is 318 g/mol. The van der Waals surface area contributed by atoms with Crippen LogP contribution in [-0.2, 0) is 16.6 Å². The molecule has 0 spiro atoms. The summed E-state index contributed by atoms with van der Waals surface area (Å²) in [7, 11) is 1.90. The Balaban J connectivity index is 1.60. The van der Waals surface area contributed by atoms with Crippen molar-refractivity contribution in [1.82, 2.24) is 14.5 Å². The zero-order chi connectivity index (χ0) is 17.8. The number of carbonyl (C=O) groups is 1. The zero-order valence-corrected chi connectivity index (χ0v) is 15.4. The second kappa shape index (κ2) is 8.32.